The minimum Gasteiger partial charge on any atom is -0.261 e. The minimum absolute atomic E-state index is 0.308. The van der Waals surface area contributed by atoms with Crippen LogP contribution in [0, 0.1) is 25.5 Å². The molecular weight excluding hydrogens is 232 g/mol. The highest BCUT2D eigenvalue weighted by atomic mass is 19.2. The number of benzene rings is 2. The smallest absolute Gasteiger partial charge is 0.167 e. The lowest BCUT2D eigenvalue weighted by atomic mass is 10.0. The highest BCUT2D eigenvalue weighted by Gasteiger charge is 2.13. The van der Waals surface area contributed by atoms with Gasteiger partial charge in [0.2, 0.25) is 0 Å². The Morgan fingerprint density at radius 2 is 1.67 bits per heavy atom. The van der Waals surface area contributed by atoms with Crippen LogP contribution in [0.2, 0.25) is 0 Å². The molecule has 2 aromatic carbocycles. The van der Waals surface area contributed by atoms with E-state index in [2.05, 4.69) is 4.98 Å². The molecule has 3 rings (SSSR count). The normalized spacial score (nSPS) is 11.3. The summed E-state index contributed by atoms with van der Waals surface area (Å²) in [6.07, 6.45) is 1.60. The molecule has 3 heteroatoms. The van der Waals surface area contributed by atoms with E-state index < -0.39 is 11.6 Å². The number of nitrogens with zero attached hydrogens (tertiary/aromatic N) is 1. The number of halogens is 2. The van der Waals surface area contributed by atoms with Gasteiger partial charge in [0.25, 0.3) is 0 Å². The maximum Gasteiger partial charge on any atom is 0.167 e. The third-order valence-corrected chi connectivity index (χ3v) is 3.20. The van der Waals surface area contributed by atoms with Crippen molar-refractivity contribution in [1.29, 1.82) is 0 Å². The van der Waals surface area contributed by atoms with Crippen molar-refractivity contribution in [3.63, 3.8) is 0 Å². The molecule has 0 aliphatic rings. The van der Waals surface area contributed by atoms with Gasteiger partial charge in [-0.3, -0.25) is 4.98 Å². The number of rotatable bonds is 0. The number of aromatic nitrogens is 1. The quantitative estimate of drug-likeness (QED) is 0.537. The van der Waals surface area contributed by atoms with Crippen molar-refractivity contribution in [2.24, 2.45) is 0 Å². The van der Waals surface area contributed by atoms with E-state index in [1.807, 2.05) is 25.1 Å². The van der Waals surface area contributed by atoms with E-state index in [0.717, 1.165) is 11.1 Å². The fraction of sp³-hybridized carbons (Fsp3) is 0.133. The molecule has 0 unspecified atom stereocenters. The first-order valence-electron chi connectivity index (χ1n) is 5.71. The summed E-state index contributed by atoms with van der Waals surface area (Å²) in [4.78, 5) is 4.16. The zero-order valence-electron chi connectivity index (χ0n) is 10.1. The maximum absolute atomic E-state index is 14.1. The summed E-state index contributed by atoms with van der Waals surface area (Å²) in [5, 5.41) is 2.53. The molecule has 0 N–H and O–H groups in total. The van der Waals surface area contributed by atoms with Crippen LogP contribution >= 0.6 is 0 Å². The molecule has 18 heavy (non-hydrogen) atoms. The lowest BCUT2D eigenvalue weighted by molar-refractivity contribution is 0.512. The van der Waals surface area contributed by atoms with Gasteiger partial charge in [-0.25, -0.2) is 8.78 Å². The van der Waals surface area contributed by atoms with Crippen LogP contribution in [-0.4, -0.2) is 4.98 Å². The fourth-order valence-electron chi connectivity index (χ4n) is 2.29. The van der Waals surface area contributed by atoms with Gasteiger partial charge < -0.3 is 0 Å². The summed E-state index contributed by atoms with van der Waals surface area (Å²) in [6.45, 7) is 3.44. The van der Waals surface area contributed by atoms with E-state index in [4.69, 9.17) is 0 Å². The highest BCUT2D eigenvalue weighted by Crippen LogP contribution is 2.30. The first-order chi connectivity index (χ1) is 8.58. The second kappa shape index (κ2) is 3.73. The molecule has 1 aromatic heterocycles. The molecule has 1 nitrogen and oxygen atoms in total. The van der Waals surface area contributed by atoms with E-state index in [0.29, 0.717) is 21.7 Å². The molecule has 0 amide bonds. The summed E-state index contributed by atoms with van der Waals surface area (Å²) in [5.74, 6) is -1.57. The van der Waals surface area contributed by atoms with E-state index in [1.54, 1.807) is 19.2 Å². The van der Waals surface area contributed by atoms with E-state index in [-0.39, 0.29) is 0 Å². The summed E-state index contributed by atoms with van der Waals surface area (Å²) in [6, 6.07) is 7.24. The zero-order chi connectivity index (χ0) is 12.9. The lowest BCUT2D eigenvalue weighted by Gasteiger charge is -2.08. The molecule has 0 aliphatic heterocycles. The Balaban J connectivity index is 2.57. The van der Waals surface area contributed by atoms with Crippen molar-refractivity contribution < 1.29 is 8.78 Å². The number of aryl methyl sites for hydroxylation is 2. The van der Waals surface area contributed by atoms with Crippen LogP contribution in [0.1, 0.15) is 11.3 Å². The highest BCUT2D eigenvalue weighted by molar-refractivity contribution is 6.07. The van der Waals surface area contributed by atoms with Gasteiger partial charge in [-0.2, -0.15) is 0 Å². The van der Waals surface area contributed by atoms with Gasteiger partial charge >= 0.3 is 0 Å². The van der Waals surface area contributed by atoms with E-state index >= 15 is 0 Å². The van der Waals surface area contributed by atoms with Gasteiger partial charge in [0, 0.05) is 22.7 Å². The number of hydrogen-bond acceptors (Lipinski definition) is 1. The monoisotopic (exact) mass is 243 g/mol. The van der Waals surface area contributed by atoms with Crippen LogP contribution in [-0.2, 0) is 0 Å². The fourth-order valence-corrected chi connectivity index (χ4v) is 2.29. The molecule has 0 saturated carbocycles. The number of pyridine rings is 1. The molecule has 90 valence electrons. The van der Waals surface area contributed by atoms with Crippen LogP contribution < -0.4 is 0 Å². The third-order valence-electron chi connectivity index (χ3n) is 3.20. The van der Waals surface area contributed by atoms with Crippen molar-refractivity contribution in [3.8, 4) is 0 Å². The molecule has 3 aromatic rings. The molecule has 0 radical (unpaired) electrons. The summed E-state index contributed by atoms with van der Waals surface area (Å²) in [5.41, 5.74) is 1.18. The van der Waals surface area contributed by atoms with Gasteiger partial charge in [-0.15, -0.1) is 0 Å². The van der Waals surface area contributed by atoms with Gasteiger partial charge in [-0.05, 0) is 42.3 Å². The van der Waals surface area contributed by atoms with Crippen LogP contribution in [0.15, 0.2) is 30.5 Å². The summed E-state index contributed by atoms with van der Waals surface area (Å²) in [7, 11) is 0. The molecule has 0 atom stereocenters. The van der Waals surface area contributed by atoms with Crippen molar-refractivity contribution in [3.05, 3.63) is 53.4 Å². The molecule has 0 fully saturated rings. The van der Waals surface area contributed by atoms with Crippen LogP contribution in [0.25, 0.3) is 21.5 Å². The predicted molar refractivity (Wildman–Crippen MR) is 68.6 cm³/mol. The van der Waals surface area contributed by atoms with Crippen molar-refractivity contribution in [2.45, 2.75) is 13.8 Å². The van der Waals surface area contributed by atoms with Gasteiger partial charge in [0.1, 0.15) is 0 Å². The Morgan fingerprint density at radius 1 is 0.944 bits per heavy atom. The Kier molecular flexibility index (Phi) is 2.30. The number of hydrogen-bond donors (Lipinski definition) is 0. The molecule has 0 spiro atoms. The first kappa shape index (κ1) is 11.1. The number of fused-ring (bicyclic) bond motifs is 3. The van der Waals surface area contributed by atoms with Gasteiger partial charge in [0.05, 0.1) is 0 Å². The summed E-state index contributed by atoms with van der Waals surface area (Å²) >= 11 is 0. The standard InChI is InChI=1S/C15H11F2N/c1-8-5-11-4-3-10-6-9(2)18-7-12(10)13(11)15(17)14(8)16/h3-7H,1-2H3. The average molecular weight is 243 g/mol. The minimum atomic E-state index is -0.791. The molecule has 1 heterocycles. The SMILES string of the molecule is Cc1cc2ccc3cc(C)c(F)c(F)c3c2cn1. The average Bonchev–Trinajstić information content (AvgIpc) is 2.35. The Morgan fingerprint density at radius 3 is 2.44 bits per heavy atom. The van der Waals surface area contributed by atoms with Crippen LogP contribution in [0.5, 0.6) is 0 Å². The zero-order valence-corrected chi connectivity index (χ0v) is 10.1. The van der Waals surface area contributed by atoms with Crippen LogP contribution in [0.3, 0.4) is 0 Å². The predicted octanol–water partition coefficient (Wildman–Crippen LogP) is 4.28. The van der Waals surface area contributed by atoms with E-state index in [1.165, 1.54) is 0 Å². The molecule has 0 saturated heterocycles. The molecule has 0 bridgehead atoms. The van der Waals surface area contributed by atoms with Crippen LogP contribution in [0.4, 0.5) is 8.78 Å². The van der Waals surface area contributed by atoms with Crippen molar-refractivity contribution in [1.82, 2.24) is 4.98 Å². The van der Waals surface area contributed by atoms with Gasteiger partial charge in [-0.1, -0.05) is 12.1 Å². The summed E-state index contributed by atoms with van der Waals surface area (Å²) < 4.78 is 27.8. The third kappa shape index (κ3) is 1.47. The largest absolute Gasteiger partial charge is 0.261 e. The molecular formula is C15H11F2N. The van der Waals surface area contributed by atoms with Gasteiger partial charge in [0.15, 0.2) is 11.6 Å². The Hall–Kier alpha value is -2.03. The topological polar surface area (TPSA) is 12.9 Å². The Bertz CT molecular complexity index is 778. The Labute approximate surface area is 103 Å². The second-order valence-electron chi connectivity index (χ2n) is 4.53. The van der Waals surface area contributed by atoms with Crippen molar-refractivity contribution >= 4 is 21.5 Å². The second-order valence-corrected chi connectivity index (χ2v) is 4.53. The maximum atomic E-state index is 14.1. The molecule has 0 aliphatic carbocycles. The van der Waals surface area contributed by atoms with Crippen molar-refractivity contribution in [2.75, 3.05) is 0 Å². The first-order valence-corrected chi connectivity index (χ1v) is 5.71. The van der Waals surface area contributed by atoms with E-state index in [9.17, 15) is 8.78 Å². The lowest BCUT2D eigenvalue weighted by Crippen LogP contribution is -1.93.